The van der Waals surface area contributed by atoms with Gasteiger partial charge in [-0.05, 0) is 42.5 Å². The second-order valence-corrected chi connectivity index (χ2v) is 6.01. The Labute approximate surface area is 135 Å². The number of carbonyl (C=O) groups excluding carboxylic acids is 1. The summed E-state index contributed by atoms with van der Waals surface area (Å²) >= 11 is 0. The Morgan fingerprint density at radius 3 is 2.65 bits per heavy atom. The van der Waals surface area contributed by atoms with Gasteiger partial charge in [-0.1, -0.05) is 0 Å². The van der Waals surface area contributed by atoms with Crippen molar-refractivity contribution >= 4 is 22.6 Å². The van der Waals surface area contributed by atoms with E-state index in [2.05, 4.69) is 5.32 Å². The highest BCUT2D eigenvalue weighted by Crippen LogP contribution is 2.18. The van der Waals surface area contributed by atoms with Crippen LogP contribution < -0.4 is 10.1 Å². The maximum absolute atomic E-state index is 12.5. The predicted molar refractivity (Wildman–Crippen MR) is 85.9 cm³/mol. The molecule has 1 aromatic carbocycles. The standard InChI is InChI=1S/C16H14N2O4S/c1-21-13-4-6-14(7-5-13)23(20)18-9-8-12(11-18)17-16(19)15-3-2-10-22-15/h2-11H,1H3,(H,17,19). The topological polar surface area (TPSA) is 73.5 Å². The van der Waals surface area contributed by atoms with Gasteiger partial charge in [0.25, 0.3) is 5.91 Å². The molecule has 0 spiro atoms. The number of nitrogens with one attached hydrogen (secondary N) is 1. The zero-order chi connectivity index (χ0) is 16.2. The Hall–Kier alpha value is -2.80. The minimum absolute atomic E-state index is 0.217. The summed E-state index contributed by atoms with van der Waals surface area (Å²) in [6.07, 6.45) is 4.66. The number of carbonyl (C=O) groups is 1. The van der Waals surface area contributed by atoms with E-state index in [1.165, 1.54) is 10.2 Å². The van der Waals surface area contributed by atoms with E-state index in [0.29, 0.717) is 16.3 Å². The summed E-state index contributed by atoms with van der Waals surface area (Å²) in [5.74, 6) is 0.557. The van der Waals surface area contributed by atoms with Crippen LogP contribution in [0.5, 0.6) is 5.75 Å². The molecular formula is C16H14N2O4S. The van der Waals surface area contributed by atoms with Crippen LogP contribution in [0.15, 0.2) is 70.4 Å². The van der Waals surface area contributed by atoms with Gasteiger partial charge >= 0.3 is 0 Å². The molecule has 0 saturated carbocycles. The first-order chi connectivity index (χ1) is 11.2. The molecule has 0 radical (unpaired) electrons. The van der Waals surface area contributed by atoms with Crippen molar-refractivity contribution in [3.8, 4) is 5.75 Å². The van der Waals surface area contributed by atoms with Gasteiger partial charge in [0, 0.05) is 12.4 Å². The average molecular weight is 330 g/mol. The number of methoxy groups -OCH3 is 1. The van der Waals surface area contributed by atoms with Gasteiger partial charge in [0.05, 0.1) is 24.0 Å². The predicted octanol–water partition coefficient (Wildman–Crippen LogP) is 2.91. The zero-order valence-electron chi connectivity index (χ0n) is 12.3. The van der Waals surface area contributed by atoms with Gasteiger partial charge in [-0.2, -0.15) is 0 Å². The zero-order valence-corrected chi connectivity index (χ0v) is 13.1. The third kappa shape index (κ3) is 3.35. The first-order valence-corrected chi connectivity index (χ1v) is 7.87. The molecule has 2 heterocycles. The van der Waals surface area contributed by atoms with Gasteiger partial charge in [-0.15, -0.1) is 0 Å². The van der Waals surface area contributed by atoms with Crippen molar-refractivity contribution in [2.24, 2.45) is 0 Å². The first kappa shape index (κ1) is 15.1. The van der Waals surface area contributed by atoms with Gasteiger partial charge in [-0.3, -0.25) is 8.77 Å². The molecule has 0 aliphatic heterocycles. The van der Waals surface area contributed by atoms with Gasteiger partial charge in [0.15, 0.2) is 16.7 Å². The summed E-state index contributed by atoms with van der Waals surface area (Å²) < 4.78 is 24.1. The number of anilines is 1. The van der Waals surface area contributed by atoms with Crippen molar-refractivity contribution in [3.05, 3.63) is 66.9 Å². The van der Waals surface area contributed by atoms with E-state index in [-0.39, 0.29) is 11.7 Å². The fraction of sp³-hybridized carbons (Fsp3) is 0.0625. The molecule has 1 atom stereocenters. The van der Waals surface area contributed by atoms with Crippen LogP contribution in [-0.2, 0) is 11.0 Å². The van der Waals surface area contributed by atoms with Crippen LogP contribution in [0.4, 0.5) is 5.69 Å². The van der Waals surface area contributed by atoms with Crippen LogP contribution in [0, 0.1) is 0 Å². The van der Waals surface area contributed by atoms with Crippen LogP contribution in [0.3, 0.4) is 0 Å². The van der Waals surface area contributed by atoms with E-state index < -0.39 is 11.0 Å². The normalized spacial score (nSPS) is 11.9. The number of furan rings is 1. The van der Waals surface area contributed by atoms with Crippen molar-refractivity contribution in [1.82, 2.24) is 3.97 Å². The highest BCUT2D eigenvalue weighted by molar-refractivity contribution is 7.83. The molecule has 118 valence electrons. The Bertz CT molecular complexity index is 822. The molecule has 2 aromatic heterocycles. The van der Waals surface area contributed by atoms with E-state index in [0.717, 1.165) is 0 Å². The molecule has 6 nitrogen and oxygen atoms in total. The minimum atomic E-state index is -1.40. The summed E-state index contributed by atoms with van der Waals surface area (Å²) in [7, 11) is 0.174. The smallest absolute Gasteiger partial charge is 0.291 e. The third-order valence-corrected chi connectivity index (χ3v) is 4.41. The van der Waals surface area contributed by atoms with Gasteiger partial charge in [0.1, 0.15) is 5.75 Å². The monoisotopic (exact) mass is 330 g/mol. The number of nitrogens with zero attached hydrogens (tertiary/aromatic N) is 1. The van der Waals surface area contributed by atoms with Gasteiger partial charge in [0.2, 0.25) is 0 Å². The average Bonchev–Trinajstić information content (AvgIpc) is 3.26. The summed E-state index contributed by atoms with van der Waals surface area (Å²) in [6, 6.07) is 11.8. The minimum Gasteiger partial charge on any atom is -0.497 e. The van der Waals surface area contributed by atoms with Gasteiger partial charge < -0.3 is 14.5 Å². The summed E-state index contributed by atoms with van der Waals surface area (Å²) in [4.78, 5) is 12.5. The highest BCUT2D eigenvalue weighted by Gasteiger charge is 2.11. The lowest BCUT2D eigenvalue weighted by Gasteiger charge is -2.04. The molecule has 1 N–H and O–H groups in total. The number of hydrogen-bond acceptors (Lipinski definition) is 4. The lowest BCUT2D eigenvalue weighted by molar-refractivity contribution is 0.0996. The largest absolute Gasteiger partial charge is 0.497 e. The summed E-state index contributed by atoms with van der Waals surface area (Å²) in [6.45, 7) is 0. The second kappa shape index (κ2) is 6.53. The Morgan fingerprint density at radius 2 is 2.00 bits per heavy atom. The van der Waals surface area contributed by atoms with Crippen molar-refractivity contribution < 1.29 is 18.2 Å². The molecule has 3 aromatic rings. The lowest BCUT2D eigenvalue weighted by Crippen LogP contribution is -2.10. The summed E-state index contributed by atoms with van der Waals surface area (Å²) in [5, 5.41) is 2.68. The molecule has 7 heteroatoms. The molecule has 1 amide bonds. The molecule has 23 heavy (non-hydrogen) atoms. The molecule has 1 unspecified atom stereocenters. The van der Waals surface area contributed by atoms with Gasteiger partial charge in [-0.25, -0.2) is 4.21 Å². The summed E-state index contributed by atoms with van der Waals surface area (Å²) in [5.41, 5.74) is 0.535. The molecule has 3 rings (SSSR count). The molecule has 0 aliphatic carbocycles. The number of rotatable bonds is 5. The molecule has 0 saturated heterocycles. The van der Waals surface area contributed by atoms with E-state index in [1.807, 2.05) is 0 Å². The maximum atomic E-state index is 12.5. The van der Waals surface area contributed by atoms with E-state index in [1.54, 1.807) is 62.0 Å². The number of amides is 1. The first-order valence-electron chi connectivity index (χ1n) is 6.76. The molecule has 0 fully saturated rings. The van der Waals surface area contributed by atoms with Crippen LogP contribution in [-0.4, -0.2) is 21.2 Å². The number of hydrogen-bond donors (Lipinski definition) is 1. The van der Waals surface area contributed by atoms with E-state index in [4.69, 9.17) is 9.15 Å². The van der Waals surface area contributed by atoms with Crippen molar-refractivity contribution in [2.45, 2.75) is 4.90 Å². The molecule has 0 bridgehead atoms. The fourth-order valence-electron chi connectivity index (χ4n) is 1.97. The fourth-order valence-corrected chi connectivity index (χ4v) is 2.96. The third-order valence-electron chi connectivity index (χ3n) is 3.12. The van der Waals surface area contributed by atoms with Crippen LogP contribution in [0.1, 0.15) is 10.6 Å². The Balaban J connectivity index is 1.73. The van der Waals surface area contributed by atoms with E-state index in [9.17, 15) is 9.00 Å². The Morgan fingerprint density at radius 1 is 1.22 bits per heavy atom. The highest BCUT2D eigenvalue weighted by atomic mass is 32.2. The Kier molecular flexibility index (Phi) is 4.29. The van der Waals surface area contributed by atoms with E-state index >= 15 is 0 Å². The molecular weight excluding hydrogens is 316 g/mol. The SMILES string of the molecule is COc1ccc(S(=O)n2ccc(NC(=O)c3ccco3)c2)cc1. The number of ether oxygens (including phenoxy) is 1. The lowest BCUT2D eigenvalue weighted by atomic mass is 10.3. The van der Waals surface area contributed by atoms with Crippen LogP contribution in [0.25, 0.3) is 0 Å². The molecule has 0 aliphatic rings. The van der Waals surface area contributed by atoms with Crippen LogP contribution >= 0.6 is 0 Å². The number of benzene rings is 1. The van der Waals surface area contributed by atoms with Crippen LogP contribution in [0.2, 0.25) is 0 Å². The van der Waals surface area contributed by atoms with Crippen molar-refractivity contribution in [1.29, 1.82) is 0 Å². The van der Waals surface area contributed by atoms with Crippen molar-refractivity contribution in [3.63, 3.8) is 0 Å². The quantitative estimate of drug-likeness (QED) is 0.780. The second-order valence-electron chi connectivity index (χ2n) is 4.62. The number of aromatic nitrogens is 1. The maximum Gasteiger partial charge on any atom is 0.291 e. The van der Waals surface area contributed by atoms with Crippen molar-refractivity contribution in [2.75, 3.05) is 12.4 Å².